The van der Waals surface area contributed by atoms with Crippen LogP contribution >= 0.6 is 0 Å². The summed E-state index contributed by atoms with van der Waals surface area (Å²) >= 11 is 0. The molecule has 5 heteroatoms. The van der Waals surface area contributed by atoms with E-state index in [2.05, 4.69) is 23.1 Å². The quantitative estimate of drug-likeness (QED) is 0.852. The second kappa shape index (κ2) is 8.10. The van der Waals surface area contributed by atoms with Crippen molar-refractivity contribution >= 4 is 5.91 Å². The predicted molar refractivity (Wildman–Crippen MR) is 93.0 cm³/mol. The number of amides is 1. The molecule has 1 fully saturated rings. The van der Waals surface area contributed by atoms with E-state index in [1.54, 1.807) is 0 Å². The van der Waals surface area contributed by atoms with Crippen molar-refractivity contribution in [1.29, 1.82) is 0 Å². The number of hydrogen-bond acceptors (Lipinski definition) is 4. The van der Waals surface area contributed by atoms with Crippen molar-refractivity contribution in [1.82, 2.24) is 9.80 Å². The van der Waals surface area contributed by atoms with Gasteiger partial charge in [-0.15, -0.1) is 0 Å². The molecule has 1 saturated heterocycles. The van der Waals surface area contributed by atoms with Crippen molar-refractivity contribution in [2.45, 2.75) is 31.8 Å². The largest absolute Gasteiger partial charge is 0.389 e. The summed E-state index contributed by atoms with van der Waals surface area (Å²) in [6, 6.07) is 8.33. The van der Waals surface area contributed by atoms with Gasteiger partial charge in [-0.25, -0.2) is 0 Å². The Morgan fingerprint density at radius 2 is 2.04 bits per heavy atom. The lowest BCUT2D eigenvalue weighted by atomic mass is 9.99. The number of piperazine rings is 1. The van der Waals surface area contributed by atoms with Crippen molar-refractivity contribution in [3.63, 3.8) is 0 Å². The number of carbonyl (C=O) groups is 1. The van der Waals surface area contributed by atoms with E-state index in [1.807, 2.05) is 17.9 Å². The van der Waals surface area contributed by atoms with Crippen molar-refractivity contribution < 1.29 is 14.6 Å². The number of nitrogens with zero attached hydrogens (tertiary/aromatic N) is 2. The Bertz CT molecular complexity index is 555. The van der Waals surface area contributed by atoms with Gasteiger partial charge in [0.1, 0.15) is 0 Å². The number of aliphatic hydroxyl groups is 1. The first-order chi connectivity index (χ1) is 11.7. The van der Waals surface area contributed by atoms with E-state index in [4.69, 9.17) is 4.74 Å². The van der Waals surface area contributed by atoms with Gasteiger partial charge in [-0.3, -0.25) is 9.69 Å². The SMILES string of the molecule is CCOC[C@H](O)CN1CCN(C(=O)[C@@H]2CCc3ccccc32)CC1. The molecule has 0 radical (unpaired) electrons. The normalized spacial score (nSPS) is 22.4. The monoisotopic (exact) mass is 332 g/mol. The van der Waals surface area contributed by atoms with Crippen LogP contribution in [0.15, 0.2) is 24.3 Å². The molecule has 5 nitrogen and oxygen atoms in total. The van der Waals surface area contributed by atoms with Crippen molar-refractivity contribution in [2.24, 2.45) is 0 Å². The number of ether oxygens (including phenoxy) is 1. The summed E-state index contributed by atoms with van der Waals surface area (Å²) in [5.41, 5.74) is 2.55. The molecule has 1 aromatic rings. The van der Waals surface area contributed by atoms with Crippen LogP contribution in [-0.4, -0.2) is 72.9 Å². The molecule has 3 rings (SSSR count). The molecule has 132 valence electrons. The zero-order valence-electron chi connectivity index (χ0n) is 14.5. The molecule has 2 atom stereocenters. The van der Waals surface area contributed by atoms with Crippen LogP contribution in [0.4, 0.5) is 0 Å². The Morgan fingerprint density at radius 3 is 2.79 bits per heavy atom. The van der Waals surface area contributed by atoms with Gasteiger partial charge in [0.25, 0.3) is 0 Å². The summed E-state index contributed by atoms with van der Waals surface area (Å²) < 4.78 is 5.26. The molecule has 0 unspecified atom stereocenters. The molecule has 0 bridgehead atoms. The third-order valence-corrected chi connectivity index (χ3v) is 5.10. The van der Waals surface area contributed by atoms with Crippen LogP contribution in [0, 0.1) is 0 Å². The Balaban J connectivity index is 1.49. The van der Waals surface area contributed by atoms with E-state index < -0.39 is 6.10 Å². The molecule has 0 spiro atoms. The number of β-amino-alcohol motifs (C(OH)–C–C–N with tert-alkyl or cyclic N) is 1. The minimum absolute atomic E-state index is 0.0382. The topological polar surface area (TPSA) is 53.0 Å². The molecular weight excluding hydrogens is 304 g/mol. The Morgan fingerprint density at radius 1 is 1.29 bits per heavy atom. The highest BCUT2D eigenvalue weighted by molar-refractivity contribution is 5.85. The maximum absolute atomic E-state index is 12.9. The van der Waals surface area contributed by atoms with E-state index in [-0.39, 0.29) is 11.8 Å². The molecule has 24 heavy (non-hydrogen) atoms. The van der Waals surface area contributed by atoms with E-state index in [9.17, 15) is 9.90 Å². The van der Waals surface area contributed by atoms with Crippen LogP contribution in [0.2, 0.25) is 0 Å². The average molecular weight is 332 g/mol. The van der Waals surface area contributed by atoms with Crippen LogP contribution in [0.25, 0.3) is 0 Å². The second-order valence-corrected chi connectivity index (χ2v) is 6.73. The molecule has 1 amide bonds. The van der Waals surface area contributed by atoms with E-state index >= 15 is 0 Å². The van der Waals surface area contributed by atoms with Gasteiger partial charge in [-0.1, -0.05) is 24.3 Å². The van der Waals surface area contributed by atoms with Crippen LogP contribution < -0.4 is 0 Å². The maximum Gasteiger partial charge on any atom is 0.230 e. The first-order valence-electron chi connectivity index (χ1n) is 9.03. The lowest BCUT2D eigenvalue weighted by Gasteiger charge is -2.36. The number of carbonyl (C=O) groups excluding carboxylic acids is 1. The third-order valence-electron chi connectivity index (χ3n) is 5.10. The number of hydrogen-bond donors (Lipinski definition) is 1. The van der Waals surface area contributed by atoms with Gasteiger partial charge in [0.05, 0.1) is 18.6 Å². The third kappa shape index (κ3) is 3.97. The molecule has 1 aliphatic heterocycles. The van der Waals surface area contributed by atoms with Crippen molar-refractivity contribution in [2.75, 3.05) is 45.9 Å². The molecule has 2 aliphatic rings. The average Bonchev–Trinajstić information content (AvgIpc) is 3.04. The number of fused-ring (bicyclic) bond motifs is 1. The summed E-state index contributed by atoms with van der Waals surface area (Å²) in [5.74, 6) is 0.311. The lowest BCUT2D eigenvalue weighted by Crippen LogP contribution is -2.51. The Labute approximate surface area is 144 Å². The first-order valence-corrected chi connectivity index (χ1v) is 9.03. The molecule has 1 aliphatic carbocycles. The fourth-order valence-electron chi connectivity index (χ4n) is 3.79. The molecular formula is C19H28N2O3. The Hall–Kier alpha value is -1.43. The summed E-state index contributed by atoms with van der Waals surface area (Å²) in [7, 11) is 0. The van der Waals surface area contributed by atoms with Crippen molar-refractivity contribution in [3.05, 3.63) is 35.4 Å². The smallest absolute Gasteiger partial charge is 0.230 e. The second-order valence-electron chi connectivity index (χ2n) is 6.73. The van der Waals surface area contributed by atoms with E-state index in [1.165, 1.54) is 11.1 Å². The number of aryl methyl sites for hydroxylation is 1. The molecule has 0 saturated carbocycles. The summed E-state index contributed by atoms with van der Waals surface area (Å²) in [6.45, 7) is 6.70. The predicted octanol–water partition coefficient (Wildman–Crippen LogP) is 1.26. The minimum Gasteiger partial charge on any atom is -0.389 e. The standard InChI is InChI=1S/C19H28N2O3/c1-2-24-14-16(22)13-20-9-11-21(12-10-20)19(23)18-8-7-15-5-3-4-6-17(15)18/h3-6,16,18,22H,2,7-14H2,1H3/t16-,18-/m1/s1. The summed E-state index contributed by atoms with van der Waals surface area (Å²) in [5, 5.41) is 9.94. The van der Waals surface area contributed by atoms with Crippen LogP contribution in [0.3, 0.4) is 0 Å². The van der Waals surface area contributed by atoms with Gasteiger partial charge in [0.15, 0.2) is 0 Å². The number of benzene rings is 1. The number of rotatable bonds is 6. The van der Waals surface area contributed by atoms with E-state index in [0.717, 1.165) is 39.0 Å². The highest BCUT2D eigenvalue weighted by Gasteiger charge is 2.33. The highest BCUT2D eigenvalue weighted by Crippen LogP contribution is 2.34. The Kier molecular flexibility index (Phi) is 5.87. The zero-order valence-corrected chi connectivity index (χ0v) is 14.5. The maximum atomic E-state index is 12.9. The molecule has 1 N–H and O–H groups in total. The zero-order chi connectivity index (χ0) is 16.9. The van der Waals surface area contributed by atoms with Gasteiger partial charge >= 0.3 is 0 Å². The van der Waals surface area contributed by atoms with Crippen LogP contribution in [0.5, 0.6) is 0 Å². The van der Waals surface area contributed by atoms with Crippen LogP contribution in [-0.2, 0) is 16.0 Å². The van der Waals surface area contributed by atoms with Gasteiger partial charge < -0.3 is 14.7 Å². The van der Waals surface area contributed by atoms with Gasteiger partial charge in [0, 0.05) is 39.3 Å². The first kappa shape index (κ1) is 17.4. The minimum atomic E-state index is -0.450. The number of aliphatic hydroxyl groups excluding tert-OH is 1. The van der Waals surface area contributed by atoms with Gasteiger partial charge in [0.2, 0.25) is 5.91 Å². The van der Waals surface area contributed by atoms with Crippen LogP contribution in [0.1, 0.15) is 30.4 Å². The lowest BCUT2D eigenvalue weighted by molar-refractivity contribution is -0.134. The highest BCUT2D eigenvalue weighted by atomic mass is 16.5. The summed E-state index contributed by atoms with van der Waals surface area (Å²) in [4.78, 5) is 17.1. The van der Waals surface area contributed by atoms with Crippen molar-refractivity contribution in [3.8, 4) is 0 Å². The van der Waals surface area contributed by atoms with Gasteiger partial charge in [-0.05, 0) is 30.9 Å². The van der Waals surface area contributed by atoms with E-state index in [0.29, 0.717) is 19.8 Å². The fraction of sp³-hybridized carbons (Fsp3) is 0.632. The summed E-state index contributed by atoms with van der Waals surface area (Å²) in [6.07, 6.45) is 1.50. The fourth-order valence-corrected chi connectivity index (χ4v) is 3.79. The molecule has 1 aromatic carbocycles. The van der Waals surface area contributed by atoms with Gasteiger partial charge in [-0.2, -0.15) is 0 Å². The molecule has 0 aromatic heterocycles. The molecule has 1 heterocycles.